The normalized spacial score (nSPS) is 22.3. The molecule has 5 rings (SSSR count). The van der Waals surface area contributed by atoms with E-state index in [1.165, 1.54) is 42.7 Å². The Morgan fingerprint density at radius 1 is 1.09 bits per heavy atom. The number of aliphatic hydroxyl groups is 1. The fourth-order valence-electron chi connectivity index (χ4n) is 7.17. The fourth-order valence-corrected chi connectivity index (χ4v) is 7.17. The summed E-state index contributed by atoms with van der Waals surface area (Å²) in [5, 5.41) is 15.6. The molecular weight excluding hydrogens is 590 g/mol. The van der Waals surface area contributed by atoms with Gasteiger partial charge < -0.3 is 24.8 Å². The maximum Gasteiger partial charge on any atom is 0.255 e. The predicted molar refractivity (Wildman–Crippen MR) is 186 cm³/mol. The van der Waals surface area contributed by atoms with Gasteiger partial charge in [0.1, 0.15) is 11.4 Å². The molecule has 0 radical (unpaired) electrons. The molecule has 0 spiro atoms. The molecule has 1 aromatic heterocycles. The summed E-state index contributed by atoms with van der Waals surface area (Å²) in [4.78, 5) is 46.9. The molecule has 1 saturated heterocycles. The second kappa shape index (κ2) is 14.2. The van der Waals surface area contributed by atoms with E-state index in [1.807, 2.05) is 51.1 Å². The van der Waals surface area contributed by atoms with Gasteiger partial charge in [-0.15, -0.1) is 0 Å². The average Bonchev–Trinajstić information content (AvgIpc) is 3.04. The quantitative estimate of drug-likeness (QED) is 0.389. The molecule has 2 atom stereocenters. The highest BCUT2D eigenvalue weighted by molar-refractivity contribution is 6.00. The van der Waals surface area contributed by atoms with Gasteiger partial charge in [0.15, 0.2) is 0 Å². The van der Waals surface area contributed by atoms with E-state index in [4.69, 9.17) is 0 Å². The molecule has 2 amide bonds. The Morgan fingerprint density at radius 2 is 1.79 bits per heavy atom. The second-order valence-corrected chi connectivity index (χ2v) is 14.8. The van der Waals surface area contributed by atoms with Crippen molar-refractivity contribution in [2.45, 2.75) is 96.9 Å². The van der Waals surface area contributed by atoms with Crippen LogP contribution in [-0.2, 0) is 11.3 Å². The van der Waals surface area contributed by atoms with Crippen molar-refractivity contribution in [1.29, 1.82) is 0 Å². The highest BCUT2D eigenvalue weighted by atomic mass is 16.3. The number of hydrogen-bond acceptors (Lipinski definition) is 6. The lowest BCUT2D eigenvalue weighted by molar-refractivity contribution is -0.132. The van der Waals surface area contributed by atoms with Gasteiger partial charge in [-0.25, -0.2) is 0 Å². The van der Waals surface area contributed by atoms with Gasteiger partial charge in [-0.05, 0) is 57.7 Å². The zero-order chi connectivity index (χ0) is 33.9. The Bertz CT molecular complexity index is 1560. The van der Waals surface area contributed by atoms with Crippen molar-refractivity contribution in [2.75, 3.05) is 26.7 Å². The van der Waals surface area contributed by atoms with Crippen molar-refractivity contribution in [3.8, 4) is 11.1 Å². The monoisotopic (exact) mass is 643 g/mol. The molecule has 9 heteroatoms. The summed E-state index contributed by atoms with van der Waals surface area (Å²) in [6.07, 6.45) is 13.5. The van der Waals surface area contributed by atoms with Crippen LogP contribution in [0.1, 0.15) is 83.5 Å². The molecule has 2 fully saturated rings. The topological polar surface area (TPSA) is 98.1 Å². The Labute approximate surface area is 279 Å². The zero-order valence-electron chi connectivity index (χ0n) is 29.0. The third-order valence-corrected chi connectivity index (χ3v) is 10.1. The molecule has 0 bridgehead atoms. The summed E-state index contributed by atoms with van der Waals surface area (Å²) in [7, 11) is 1.75. The van der Waals surface area contributed by atoms with Crippen LogP contribution < -0.4 is 10.9 Å². The van der Waals surface area contributed by atoms with E-state index in [0.717, 1.165) is 18.5 Å². The van der Waals surface area contributed by atoms with Crippen LogP contribution in [0.3, 0.4) is 0 Å². The predicted octanol–water partition coefficient (Wildman–Crippen LogP) is 5.21. The number of nitrogens with zero attached hydrogens (tertiary/aromatic N) is 4. The molecule has 1 aromatic carbocycles. The largest absolute Gasteiger partial charge is 0.380 e. The van der Waals surface area contributed by atoms with Gasteiger partial charge in [0.25, 0.3) is 11.5 Å². The van der Waals surface area contributed by atoms with Crippen LogP contribution in [-0.4, -0.2) is 80.1 Å². The third kappa shape index (κ3) is 8.07. The molecule has 3 aliphatic rings. The molecule has 9 nitrogen and oxygen atoms in total. The minimum atomic E-state index is -1.57. The van der Waals surface area contributed by atoms with Crippen LogP contribution in [0, 0.1) is 11.8 Å². The molecule has 3 heterocycles. The van der Waals surface area contributed by atoms with Gasteiger partial charge in [-0.3, -0.25) is 19.3 Å². The van der Waals surface area contributed by atoms with Crippen LogP contribution in [0.2, 0.25) is 0 Å². The summed E-state index contributed by atoms with van der Waals surface area (Å²) < 4.78 is 1.41. The maximum atomic E-state index is 14.0. The van der Waals surface area contributed by atoms with Crippen LogP contribution in [0.25, 0.3) is 11.1 Å². The Hall–Kier alpha value is -3.69. The number of nitrogens with one attached hydrogen (secondary N) is 1. The summed E-state index contributed by atoms with van der Waals surface area (Å²) in [5.74, 6) is 0.853. The standard InChI is InChI=1S/C38H53N5O4/c1-27(2)40(6)36(46)32-24-42(34(44)22-31(32)30-15-11-8-12-16-30)26-38(47)17-19-43(33(23-38)41-20-18-39-37(4,5)25-41)35(45)28(3)21-29-13-9-7-10-14-29/h8,11-12,15-17,19,22-24,27-29,39,47H,7,9-10,13-14,18,20-21,25-26H2,1-6H3. The molecular formula is C38H53N5O4. The molecule has 1 saturated carbocycles. The highest BCUT2D eigenvalue weighted by Gasteiger charge is 2.38. The lowest BCUT2D eigenvalue weighted by atomic mass is 9.83. The van der Waals surface area contributed by atoms with E-state index in [1.54, 1.807) is 41.4 Å². The molecule has 2 aliphatic heterocycles. The number of carbonyl (C=O) groups excluding carboxylic acids is 2. The van der Waals surface area contributed by atoms with E-state index >= 15 is 0 Å². The summed E-state index contributed by atoms with van der Waals surface area (Å²) in [5.41, 5.74) is -0.380. The van der Waals surface area contributed by atoms with Crippen LogP contribution in [0.5, 0.6) is 0 Å². The first-order valence-corrected chi connectivity index (χ1v) is 17.3. The van der Waals surface area contributed by atoms with E-state index in [9.17, 15) is 19.5 Å². The van der Waals surface area contributed by atoms with E-state index < -0.39 is 5.60 Å². The van der Waals surface area contributed by atoms with Crippen molar-refractivity contribution in [2.24, 2.45) is 11.8 Å². The number of hydrogen-bond donors (Lipinski definition) is 2. The number of rotatable bonds is 9. The lowest BCUT2D eigenvalue weighted by Crippen LogP contribution is -2.59. The van der Waals surface area contributed by atoms with Gasteiger partial charge in [-0.1, -0.05) is 69.4 Å². The molecule has 254 valence electrons. The summed E-state index contributed by atoms with van der Waals surface area (Å²) >= 11 is 0. The lowest BCUT2D eigenvalue weighted by Gasteiger charge is -2.45. The number of piperazine rings is 1. The first kappa shape index (κ1) is 34.6. The SMILES string of the molecule is CC(CC1CCCCC1)C(=O)N1C=CC(O)(Cn2cc(C(=O)N(C)C(C)C)c(-c3ccccc3)cc2=O)C=C1N1CCNC(C)(C)C1. The van der Waals surface area contributed by atoms with Crippen molar-refractivity contribution in [3.05, 3.63) is 82.7 Å². The summed E-state index contributed by atoms with van der Waals surface area (Å²) in [6, 6.07) is 10.9. The minimum absolute atomic E-state index is 0.0189. The van der Waals surface area contributed by atoms with Gasteiger partial charge in [0, 0.05) is 68.2 Å². The minimum Gasteiger partial charge on any atom is -0.380 e. The van der Waals surface area contributed by atoms with Crippen molar-refractivity contribution in [1.82, 2.24) is 24.6 Å². The molecule has 1 aliphatic carbocycles. The number of pyridine rings is 1. The van der Waals surface area contributed by atoms with E-state index in [-0.39, 0.29) is 41.4 Å². The Kier molecular flexibility index (Phi) is 10.5. The average molecular weight is 644 g/mol. The van der Waals surface area contributed by atoms with Gasteiger partial charge in [0.2, 0.25) is 5.91 Å². The summed E-state index contributed by atoms with van der Waals surface area (Å²) in [6.45, 7) is 12.1. The van der Waals surface area contributed by atoms with Crippen molar-refractivity contribution >= 4 is 11.8 Å². The molecule has 2 aromatic rings. The second-order valence-electron chi connectivity index (χ2n) is 14.8. The molecule has 2 unspecified atom stereocenters. The van der Waals surface area contributed by atoms with Crippen LogP contribution >= 0.6 is 0 Å². The van der Waals surface area contributed by atoms with Crippen LogP contribution in [0.4, 0.5) is 0 Å². The zero-order valence-corrected chi connectivity index (χ0v) is 29.0. The maximum absolute atomic E-state index is 14.0. The number of aromatic nitrogens is 1. The number of amides is 2. The van der Waals surface area contributed by atoms with Gasteiger partial charge in [-0.2, -0.15) is 0 Å². The van der Waals surface area contributed by atoms with Gasteiger partial charge >= 0.3 is 0 Å². The first-order valence-electron chi connectivity index (χ1n) is 17.3. The fraction of sp³-hybridized carbons (Fsp3) is 0.553. The van der Waals surface area contributed by atoms with E-state index in [0.29, 0.717) is 36.0 Å². The van der Waals surface area contributed by atoms with Crippen molar-refractivity contribution < 1.29 is 14.7 Å². The third-order valence-electron chi connectivity index (χ3n) is 10.1. The smallest absolute Gasteiger partial charge is 0.255 e. The van der Waals surface area contributed by atoms with Crippen molar-refractivity contribution in [3.63, 3.8) is 0 Å². The van der Waals surface area contributed by atoms with Gasteiger partial charge in [0.05, 0.1) is 12.1 Å². The molecule has 2 N–H and O–H groups in total. The number of benzene rings is 1. The Morgan fingerprint density at radius 3 is 2.45 bits per heavy atom. The number of carbonyl (C=O) groups is 2. The van der Waals surface area contributed by atoms with Crippen LogP contribution in [0.15, 0.2) is 71.6 Å². The first-order chi connectivity index (χ1) is 22.3. The Balaban J connectivity index is 1.50. The van der Waals surface area contributed by atoms with E-state index in [2.05, 4.69) is 24.1 Å². The molecule has 47 heavy (non-hydrogen) atoms. The highest BCUT2D eigenvalue weighted by Crippen LogP contribution is 2.33.